The number of fused-ring (bicyclic) bond motifs is 1. The van der Waals surface area contributed by atoms with E-state index in [1.807, 2.05) is 0 Å². The van der Waals surface area contributed by atoms with Crippen molar-refractivity contribution in [2.75, 3.05) is 13.7 Å². The summed E-state index contributed by atoms with van der Waals surface area (Å²) in [6, 6.07) is 13.5. The Balaban J connectivity index is 1.64. The Kier molecular flexibility index (Phi) is 5.70. The van der Waals surface area contributed by atoms with E-state index in [2.05, 4.69) is 11.9 Å². The molecular weight excluding hydrogens is 428 g/mol. The van der Waals surface area contributed by atoms with E-state index in [9.17, 15) is 14.4 Å². The van der Waals surface area contributed by atoms with Crippen LogP contribution in [0.1, 0.15) is 21.7 Å². The normalized spacial score (nSPS) is 15.2. The minimum Gasteiger partial charge on any atom is -0.497 e. The van der Waals surface area contributed by atoms with Crippen molar-refractivity contribution in [2.45, 2.75) is 0 Å². The standard InChI is InChI=1S/C24H18N2O5S/c1-3-10-26-23(29)18(22(28)25-24(26)32)12-14-4-9-19-16(11-14)13-20(31-19)21(27)15-5-7-17(30-2)8-6-15/h3-9,11-13H,1,10H2,2H3,(H,25,28,32). The molecule has 1 N–H and O–H groups in total. The smallest absolute Gasteiger partial charge is 0.265 e. The Morgan fingerprint density at radius 3 is 2.62 bits per heavy atom. The summed E-state index contributed by atoms with van der Waals surface area (Å²) in [4.78, 5) is 39.0. The number of carbonyl (C=O) groups is 3. The summed E-state index contributed by atoms with van der Waals surface area (Å²) in [5, 5.41) is 3.22. The van der Waals surface area contributed by atoms with Gasteiger partial charge in [-0.15, -0.1) is 6.58 Å². The van der Waals surface area contributed by atoms with Crippen molar-refractivity contribution in [2.24, 2.45) is 0 Å². The number of nitrogens with zero attached hydrogens (tertiary/aromatic N) is 1. The van der Waals surface area contributed by atoms with Crippen LogP contribution in [0.3, 0.4) is 0 Å². The summed E-state index contributed by atoms with van der Waals surface area (Å²) in [5.41, 5.74) is 1.54. The molecule has 160 valence electrons. The number of hydrogen-bond acceptors (Lipinski definition) is 6. The molecule has 1 fully saturated rings. The molecule has 3 aromatic rings. The number of rotatable bonds is 6. The molecule has 4 rings (SSSR count). The van der Waals surface area contributed by atoms with E-state index >= 15 is 0 Å². The molecule has 8 heteroatoms. The fraction of sp³-hybridized carbons (Fsp3) is 0.0833. The van der Waals surface area contributed by atoms with Crippen LogP contribution in [-0.4, -0.2) is 41.3 Å². The lowest BCUT2D eigenvalue weighted by atomic mass is 10.1. The van der Waals surface area contributed by atoms with Gasteiger partial charge in [-0.25, -0.2) is 0 Å². The monoisotopic (exact) mass is 446 g/mol. The highest BCUT2D eigenvalue weighted by atomic mass is 32.1. The third-order valence-electron chi connectivity index (χ3n) is 4.92. The SMILES string of the molecule is C=CCN1C(=O)C(=Cc2ccc3oc(C(=O)c4ccc(OC)cc4)cc3c2)C(=O)NC1=S. The maximum atomic E-state index is 12.8. The Bertz CT molecular complexity index is 1300. The van der Waals surface area contributed by atoms with Gasteiger partial charge in [0.25, 0.3) is 11.8 Å². The molecule has 7 nitrogen and oxygen atoms in total. The van der Waals surface area contributed by atoms with Gasteiger partial charge in [0.1, 0.15) is 16.9 Å². The zero-order chi connectivity index (χ0) is 22.8. The van der Waals surface area contributed by atoms with Gasteiger partial charge >= 0.3 is 0 Å². The lowest BCUT2D eigenvalue weighted by molar-refractivity contribution is -0.128. The highest BCUT2D eigenvalue weighted by molar-refractivity contribution is 7.80. The van der Waals surface area contributed by atoms with E-state index in [1.54, 1.807) is 55.6 Å². The first-order valence-corrected chi connectivity index (χ1v) is 10.0. The quantitative estimate of drug-likeness (QED) is 0.205. The van der Waals surface area contributed by atoms with Crippen LogP contribution < -0.4 is 10.1 Å². The van der Waals surface area contributed by atoms with Crippen molar-refractivity contribution in [3.05, 3.63) is 83.6 Å². The predicted octanol–water partition coefficient (Wildman–Crippen LogP) is 3.49. The molecule has 0 radical (unpaired) electrons. The Hall–Kier alpha value is -4.04. The predicted molar refractivity (Wildman–Crippen MR) is 123 cm³/mol. The van der Waals surface area contributed by atoms with Gasteiger partial charge in [0.15, 0.2) is 10.9 Å². The molecule has 32 heavy (non-hydrogen) atoms. The number of ketones is 1. The summed E-state index contributed by atoms with van der Waals surface area (Å²) < 4.78 is 10.8. The molecule has 1 aromatic heterocycles. The van der Waals surface area contributed by atoms with Crippen molar-refractivity contribution in [3.8, 4) is 5.75 Å². The van der Waals surface area contributed by atoms with E-state index in [0.717, 1.165) is 0 Å². The van der Waals surface area contributed by atoms with Crippen LogP contribution in [0.5, 0.6) is 5.75 Å². The van der Waals surface area contributed by atoms with Crippen molar-refractivity contribution in [1.82, 2.24) is 10.2 Å². The number of ether oxygens (including phenoxy) is 1. The van der Waals surface area contributed by atoms with E-state index in [1.165, 1.54) is 17.1 Å². The molecule has 0 spiro atoms. The molecule has 1 aliphatic heterocycles. The van der Waals surface area contributed by atoms with Gasteiger partial charge in [0.05, 0.1) is 7.11 Å². The topological polar surface area (TPSA) is 88.8 Å². The first kappa shape index (κ1) is 21.2. The summed E-state index contributed by atoms with van der Waals surface area (Å²) in [5.74, 6) is -0.495. The molecule has 2 amide bonds. The number of nitrogens with one attached hydrogen (secondary N) is 1. The van der Waals surface area contributed by atoms with Crippen LogP contribution in [0, 0.1) is 0 Å². The van der Waals surface area contributed by atoms with Crippen molar-refractivity contribution >= 4 is 52.0 Å². The van der Waals surface area contributed by atoms with Crippen LogP contribution in [0.25, 0.3) is 17.0 Å². The summed E-state index contributed by atoms with van der Waals surface area (Å²) in [7, 11) is 1.55. The van der Waals surface area contributed by atoms with Gasteiger partial charge < -0.3 is 9.15 Å². The lowest BCUT2D eigenvalue weighted by Gasteiger charge is -2.27. The van der Waals surface area contributed by atoms with E-state index in [0.29, 0.717) is 27.8 Å². The molecule has 0 aliphatic carbocycles. The van der Waals surface area contributed by atoms with Crippen LogP contribution in [0.2, 0.25) is 0 Å². The molecular formula is C24H18N2O5S. The Labute approximate surface area is 188 Å². The van der Waals surface area contributed by atoms with E-state index < -0.39 is 11.8 Å². The zero-order valence-corrected chi connectivity index (χ0v) is 17.9. The number of methoxy groups -OCH3 is 1. The third kappa shape index (κ3) is 3.95. The van der Waals surface area contributed by atoms with Crippen molar-refractivity contribution < 1.29 is 23.5 Å². The molecule has 2 aromatic carbocycles. The number of thiocarbonyl (C=S) groups is 1. The van der Waals surface area contributed by atoms with Gasteiger partial charge in [0, 0.05) is 17.5 Å². The van der Waals surface area contributed by atoms with Crippen LogP contribution in [0.15, 0.2) is 71.2 Å². The average Bonchev–Trinajstić information content (AvgIpc) is 3.22. The fourth-order valence-electron chi connectivity index (χ4n) is 3.30. The lowest BCUT2D eigenvalue weighted by Crippen LogP contribution is -2.53. The number of furan rings is 1. The van der Waals surface area contributed by atoms with Crippen LogP contribution in [0.4, 0.5) is 0 Å². The molecule has 0 atom stereocenters. The minimum atomic E-state index is -0.567. The maximum Gasteiger partial charge on any atom is 0.265 e. The second kappa shape index (κ2) is 8.60. The fourth-order valence-corrected chi connectivity index (χ4v) is 3.55. The van der Waals surface area contributed by atoms with Crippen LogP contribution in [-0.2, 0) is 9.59 Å². The van der Waals surface area contributed by atoms with Gasteiger partial charge in [-0.1, -0.05) is 12.1 Å². The van der Waals surface area contributed by atoms with Crippen molar-refractivity contribution in [3.63, 3.8) is 0 Å². The summed E-state index contributed by atoms with van der Waals surface area (Å²) in [6.07, 6.45) is 3.01. The zero-order valence-electron chi connectivity index (χ0n) is 17.1. The molecule has 1 saturated heterocycles. The third-order valence-corrected chi connectivity index (χ3v) is 5.25. The molecule has 0 saturated carbocycles. The van der Waals surface area contributed by atoms with Gasteiger partial charge in [-0.2, -0.15) is 0 Å². The summed E-state index contributed by atoms with van der Waals surface area (Å²) >= 11 is 5.06. The minimum absolute atomic E-state index is 0.0437. The summed E-state index contributed by atoms with van der Waals surface area (Å²) in [6.45, 7) is 3.79. The number of amides is 2. The highest BCUT2D eigenvalue weighted by Gasteiger charge is 2.32. The first-order valence-electron chi connectivity index (χ1n) is 9.63. The largest absolute Gasteiger partial charge is 0.497 e. The Morgan fingerprint density at radius 1 is 1.19 bits per heavy atom. The van der Waals surface area contributed by atoms with Gasteiger partial charge in [-0.3, -0.25) is 24.6 Å². The van der Waals surface area contributed by atoms with Crippen molar-refractivity contribution in [1.29, 1.82) is 0 Å². The first-order chi connectivity index (χ1) is 15.4. The van der Waals surface area contributed by atoms with Gasteiger partial charge in [-0.05, 0) is 66.3 Å². The Morgan fingerprint density at radius 2 is 1.94 bits per heavy atom. The molecule has 0 unspecified atom stereocenters. The molecule has 1 aliphatic rings. The molecule has 2 heterocycles. The highest BCUT2D eigenvalue weighted by Crippen LogP contribution is 2.25. The van der Waals surface area contributed by atoms with E-state index in [4.69, 9.17) is 21.4 Å². The second-order valence-corrected chi connectivity index (χ2v) is 7.37. The molecule has 0 bridgehead atoms. The second-order valence-electron chi connectivity index (χ2n) is 6.99. The average molecular weight is 446 g/mol. The maximum absolute atomic E-state index is 12.8. The van der Waals surface area contributed by atoms with E-state index in [-0.39, 0.29) is 28.8 Å². The van der Waals surface area contributed by atoms with Crippen LogP contribution >= 0.6 is 12.2 Å². The number of carbonyl (C=O) groups excluding carboxylic acids is 3. The number of benzene rings is 2. The number of hydrogen-bond donors (Lipinski definition) is 1. The van der Waals surface area contributed by atoms with Gasteiger partial charge in [0.2, 0.25) is 5.78 Å².